The minimum atomic E-state index is -1.17. The first-order valence-corrected chi connectivity index (χ1v) is 6.46. The number of carbonyl (C=O) groups excluding carboxylic acids is 1. The Hall–Kier alpha value is -2.62. The summed E-state index contributed by atoms with van der Waals surface area (Å²) in [6, 6.07) is 1.39. The lowest BCUT2D eigenvalue weighted by Gasteiger charge is -2.21. The molecule has 0 bridgehead atoms. The number of aliphatic carboxylic acids is 1. The van der Waals surface area contributed by atoms with Gasteiger partial charge in [0.05, 0.1) is 16.7 Å². The van der Waals surface area contributed by atoms with Gasteiger partial charge in [-0.2, -0.15) is 8.75 Å². The van der Waals surface area contributed by atoms with Gasteiger partial charge in [0, 0.05) is 18.7 Å². The van der Waals surface area contributed by atoms with E-state index in [-0.39, 0.29) is 22.3 Å². The van der Waals surface area contributed by atoms with Crippen molar-refractivity contribution in [2.24, 2.45) is 0 Å². The second-order valence-electron chi connectivity index (χ2n) is 4.31. The second kappa shape index (κ2) is 5.40. The quantitative estimate of drug-likeness (QED) is 0.662. The molecule has 1 unspecified atom stereocenters. The van der Waals surface area contributed by atoms with E-state index < -0.39 is 22.8 Å². The van der Waals surface area contributed by atoms with E-state index in [9.17, 15) is 19.7 Å². The monoisotopic (exact) mass is 310 g/mol. The summed E-state index contributed by atoms with van der Waals surface area (Å²) in [6.07, 6.45) is 0. The summed E-state index contributed by atoms with van der Waals surface area (Å²) in [4.78, 5) is 34.5. The molecule has 0 saturated carbocycles. The van der Waals surface area contributed by atoms with Crippen molar-refractivity contribution in [3.63, 3.8) is 0 Å². The number of likely N-dealkylation sites (N-methyl/N-ethyl adjacent to an activating group) is 1. The summed E-state index contributed by atoms with van der Waals surface area (Å²) in [7, 11) is 1.32. The smallest absolute Gasteiger partial charge is 0.326 e. The molecule has 2 aromatic rings. The molecule has 10 heteroatoms. The lowest BCUT2D eigenvalue weighted by Crippen LogP contribution is -2.40. The fraction of sp³-hybridized carbons (Fsp3) is 0.273. The van der Waals surface area contributed by atoms with E-state index in [4.69, 9.17) is 5.11 Å². The lowest BCUT2D eigenvalue weighted by molar-refractivity contribution is -0.383. The maximum atomic E-state index is 12.2. The molecule has 0 aliphatic carbocycles. The zero-order chi connectivity index (χ0) is 15.7. The Balaban J connectivity index is 2.49. The van der Waals surface area contributed by atoms with Gasteiger partial charge in [-0.05, 0) is 13.0 Å². The predicted molar refractivity (Wildman–Crippen MR) is 73.3 cm³/mol. The third kappa shape index (κ3) is 2.65. The average molecular weight is 310 g/mol. The molecule has 0 fully saturated rings. The number of non-ortho nitro benzene ring substituents is 1. The van der Waals surface area contributed by atoms with E-state index in [1.165, 1.54) is 20.0 Å². The highest BCUT2D eigenvalue weighted by Gasteiger charge is 2.26. The van der Waals surface area contributed by atoms with Crippen molar-refractivity contribution in [2.75, 3.05) is 7.05 Å². The third-order valence-corrected chi connectivity index (χ3v) is 3.59. The zero-order valence-corrected chi connectivity index (χ0v) is 11.8. The van der Waals surface area contributed by atoms with Crippen molar-refractivity contribution in [1.29, 1.82) is 0 Å². The van der Waals surface area contributed by atoms with E-state index in [2.05, 4.69) is 8.75 Å². The number of nitrogens with zero attached hydrogens (tertiary/aromatic N) is 4. The molecule has 0 saturated heterocycles. The number of rotatable bonds is 4. The minimum Gasteiger partial charge on any atom is -0.480 e. The van der Waals surface area contributed by atoms with Crippen LogP contribution in [0.15, 0.2) is 12.1 Å². The van der Waals surface area contributed by atoms with Gasteiger partial charge in [-0.25, -0.2) is 4.79 Å². The molecule has 0 radical (unpaired) electrons. The van der Waals surface area contributed by atoms with Crippen molar-refractivity contribution >= 4 is 40.3 Å². The van der Waals surface area contributed by atoms with Gasteiger partial charge in [-0.3, -0.25) is 14.9 Å². The first-order chi connectivity index (χ1) is 9.82. The number of nitro groups is 1. The number of carboxylic acid groups (broad SMARTS) is 1. The van der Waals surface area contributed by atoms with E-state index in [1.54, 1.807) is 0 Å². The third-order valence-electron chi connectivity index (χ3n) is 3.04. The number of hydrogen-bond donors (Lipinski definition) is 1. The van der Waals surface area contributed by atoms with Crippen LogP contribution in [0.3, 0.4) is 0 Å². The molecule has 1 atom stereocenters. The fourth-order valence-corrected chi connectivity index (χ4v) is 2.22. The normalized spacial score (nSPS) is 12.1. The van der Waals surface area contributed by atoms with Crippen LogP contribution in [-0.4, -0.2) is 48.6 Å². The van der Waals surface area contributed by atoms with E-state index >= 15 is 0 Å². The Morgan fingerprint density at radius 3 is 2.67 bits per heavy atom. The highest BCUT2D eigenvalue weighted by atomic mass is 32.1. The van der Waals surface area contributed by atoms with Gasteiger partial charge >= 0.3 is 5.97 Å². The molecule has 2 rings (SSSR count). The van der Waals surface area contributed by atoms with Crippen LogP contribution in [-0.2, 0) is 4.79 Å². The van der Waals surface area contributed by atoms with Crippen LogP contribution in [0.25, 0.3) is 11.0 Å². The molecular weight excluding hydrogens is 300 g/mol. The molecule has 1 amide bonds. The van der Waals surface area contributed by atoms with Gasteiger partial charge in [0.25, 0.3) is 11.6 Å². The zero-order valence-electron chi connectivity index (χ0n) is 11.0. The van der Waals surface area contributed by atoms with Gasteiger partial charge in [0.15, 0.2) is 5.52 Å². The number of fused-ring (bicyclic) bond motifs is 1. The first kappa shape index (κ1) is 14.8. The van der Waals surface area contributed by atoms with Crippen LogP contribution >= 0.6 is 11.7 Å². The van der Waals surface area contributed by atoms with Crippen molar-refractivity contribution < 1.29 is 19.6 Å². The Bertz CT molecular complexity index is 743. The summed E-state index contributed by atoms with van der Waals surface area (Å²) in [5, 5.41) is 19.9. The van der Waals surface area contributed by atoms with Gasteiger partial charge in [0.2, 0.25) is 0 Å². The number of carbonyl (C=O) groups is 2. The molecule has 0 aliphatic heterocycles. The summed E-state index contributed by atoms with van der Waals surface area (Å²) >= 11 is 0.801. The summed E-state index contributed by atoms with van der Waals surface area (Å²) in [5.74, 6) is -1.81. The number of carboxylic acids is 1. The summed E-state index contributed by atoms with van der Waals surface area (Å²) in [5.41, 5.74) is 0.00268. The number of amides is 1. The van der Waals surface area contributed by atoms with Crippen LogP contribution in [0.2, 0.25) is 0 Å². The van der Waals surface area contributed by atoms with Crippen molar-refractivity contribution in [1.82, 2.24) is 13.6 Å². The molecule has 1 N–H and O–H groups in total. The van der Waals surface area contributed by atoms with Gasteiger partial charge in [-0.1, -0.05) is 0 Å². The van der Waals surface area contributed by atoms with E-state index in [0.717, 1.165) is 22.7 Å². The van der Waals surface area contributed by atoms with Crippen LogP contribution in [0.5, 0.6) is 0 Å². The number of benzene rings is 1. The number of aromatic nitrogens is 2. The molecule has 0 spiro atoms. The van der Waals surface area contributed by atoms with E-state index in [1.807, 2.05) is 0 Å². The molecule has 1 heterocycles. The highest BCUT2D eigenvalue weighted by molar-refractivity contribution is 7.00. The minimum absolute atomic E-state index is 0.00231. The van der Waals surface area contributed by atoms with Crippen LogP contribution in [0, 0.1) is 10.1 Å². The first-order valence-electron chi connectivity index (χ1n) is 5.73. The Labute approximate surface area is 122 Å². The molecule has 21 heavy (non-hydrogen) atoms. The summed E-state index contributed by atoms with van der Waals surface area (Å²) in [6.45, 7) is 1.34. The number of nitro benzene ring substituents is 1. The molecular formula is C11H10N4O5S. The molecule has 110 valence electrons. The van der Waals surface area contributed by atoms with Crippen LogP contribution in [0.1, 0.15) is 17.3 Å². The van der Waals surface area contributed by atoms with Crippen molar-refractivity contribution in [3.8, 4) is 0 Å². The Morgan fingerprint density at radius 2 is 2.10 bits per heavy atom. The van der Waals surface area contributed by atoms with Crippen LogP contribution < -0.4 is 0 Å². The Kier molecular flexibility index (Phi) is 3.80. The van der Waals surface area contributed by atoms with Gasteiger partial charge in [0.1, 0.15) is 11.6 Å². The molecule has 9 nitrogen and oxygen atoms in total. The molecule has 0 aliphatic rings. The Morgan fingerprint density at radius 1 is 1.43 bits per heavy atom. The lowest BCUT2D eigenvalue weighted by atomic mass is 10.1. The van der Waals surface area contributed by atoms with Gasteiger partial charge in [-0.15, -0.1) is 0 Å². The average Bonchev–Trinajstić information content (AvgIpc) is 2.91. The highest BCUT2D eigenvalue weighted by Crippen LogP contribution is 2.26. The van der Waals surface area contributed by atoms with Gasteiger partial charge < -0.3 is 10.0 Å². The van der Waals surface area contributed by atoms with Crippen molar-refractivity contribution in [2.45, 2.75) is 13.0 Å². The maximum absolute atomic E-state index is 12.2. The largest absolute Gasteiger partial charge is 0.480 e. The number of hydrogen-bond acceptors (Lipinski definition) is 7. The van der Waals surface area contributed by atoms with Crippen molar-refractivity contribution in [3.05, 3.63) is 27.8 Å². The van der Waals surface area contributed by atoms with E-state index in [0.29, 0.717) is 0 Å². The standard InChI is InChI=1S/C11H10N4O5S/c1-5(11(17)18)14(2)10(16)6-3-7-9(13-21-12-7)8(4-6)15(19)20/h3-5H,1-2H3,(H,17,18). The summed E-state index contributed by atoms with van der Waals surface area (Å²) < 4.78 is 7.70. The maximum Gasteiger partial charge on any atom is 0.326 e. The molecule has 1 aromatic carbocycles. The molecule has 1 aromatic heterocycles. The van der Waals surface area contributed by atoms with Crippen LogP contribution in [0.4, 0.5) is 5.69 Å². The predicted octanol–water partition coefficient (Wildman–Crippen LogP) is 1.14. The topological polar surface area (TPSA) is 127 Å². The second-order valence-corrected chi connectivity index (χ2v) is 4.84. The fourth-order valence-electron chi connectivity index (χ4n) is 1.68. The SMILES string of the molecule is CC(C(=O)O)N(C)C(=O)c1cc([N+](=O)[O-])c2nsnc2c1.